The molecule has 0 atom stereocenters. The van der Waals surface area contributed by atoms with Crippen LogP contribution in [0.4, 0.5) is 0 Å². The Hall–Kier alpha value is -5.63. The maximum atomic E-state index is 13.9. The summed E-state index contributed by atoms with van der Waals surface area (Å²) in [6, 6.07) is 45.7. The molecule has 0 heterocycles. The molecule has 0 amide bonds. The van der Waals surface area contributed by atoms with E-state index < -0.39 is 0 Å². The fourth-order valence-corrected chi connectivity index (χ4v) is 4.75. The van der Waals surface area contributed by atoms with Crippen molar-refractivity contribution in [2.24, 2.45) is 0 Å². The zero-order valence-corrected chi connectivity index (χ0v) is 21.8. The number of rotatable bonds is 3. The monoisotopic (exact) mass is 508 g/mol. The van der Waals surface area contributed by atoms with E-state index in [0.717, 1.165) is 44.5 Å². The first-order chi connectivity index (χ1) is 19.7. The minimum atomic E-state index is 0.0186. The highest BCUT2D eigenvalue weighted by Gasteiger charge is 2.28. The minimum absolute atomic E-state index is 0.0186. The number of carbonyl (C=O) groups is 1. The van der Waals surface area contributed by atoms with Crippen LogP contribution in [0.5, 0.6) is 0 Å². The molecule has 0 aromatic heterocycles. The molecule has 186 valence electrons. The molecular formula is C39H24O. The topological polar surface area (TPSA) is 17.1 Å². The quantitative estimate of drug-likeness (QED) is 0.225. The Bertz CT molecular complexity index is 1800. The molecule has 1 aliphatic rings. The first-order valence-electron chi connectivity index (χ1n) is 13.2. The van der Waals surface area contributed by atoms with Crippen LogP contribution in [-0.4, -0.2) is 5.78 Å². The van der Waals surface area contributed by atoms with Crippen molar-refractivity contribution in [1.29, 1.82) is 0 Å². The van der Waals surface area contributed by atoms with Gasteiger partial charge in [-0.1, -0.05) is 121 Å². The summed E-state index contributed by atoms with van der Waals surface area (Å²) in [6.07, 6.45) is 2.01. The second-order valence-corrected chi connectivity index (χ2v) is 9.44. The van der Waals surface area contributed by atoms with E-state index in [-0.39, 0.29) is 5.78 Å². The molecule has 6 rings (SSSR count). The lowest BCUT2D eigenvalue weighted by molar-refractivity contribution is -0.108. The van der Waals surface area contributed by atoms with Crippen LogP contribution in [-0.2, 0) is 4.79 Å². The lowest BCUT2D eigenvalue weighted by Crippen LogP contribution is -2.01. The lowest BCUT2D eigenvalue weighted by Gasteiger charge is -2.09. The Balaban J connectivity index is 1.53. The van der Waals surface area contributed by atoms with Crippen LogP contribution in [0.15, 0.2) is 146 Å². The van der Waals surface area contributed by atoms with Gasteiger partial charge in [-0.05, 0) is 70.8 Å². The van der Waals surface area contributed by atoms with Crippen LogP contribution in [0.25, 0.3) is 16.7 Å². The fourth-order valence-electron chi connectivity index (χ4n) is 4.75. The van der Waals surface area contributed by atoms with Gasteiger partial charge in [-0.3, -0.25) is 4.79 Å². The third-order valence-electron chi connectivity index (χ3n) is 6.67. The molecular weight excluding hydrogens is 484 g/mol. The molecule has 0 spiro atoms. The predicted octanol–water partition coefficient (Wildman–Crippen LogP) is 8.06. The number of benzene rings is 5. The Labute approximate surface area is 235 Å². The maximum absolute atomic E-state index is 13.9. The third kappa shape index (κ3) is 5.46. The van der Waals surface area contributed by atoms with Crippen molar-refractivity contribution in [2.75, 3.05) is 0 Å². The highest BCUT2D eigenvalue weighted by atomic mass is 16.1. The average molecular weight is 509 g/mol. The highest BCUT2D eigenvalue weighted by molar-refractivity contribution is 6.51. The number of Topliss-reactive ketones (excluding diaryl/α,β-unsaturated/α-hetero) is 1. The van der Waals surface area contributed by atoms with Crippen LogP contribution in [0.2, 0.25) is 0 Å². The molecule has 1 heteroatoms. The number of allylic oxidation sites excluding steroid dienone is 4. The van der Waals surface area contributed by atoms with Crippen LogP contribution in [0.3, 0.4) is 0 Å². The molecule has 5 aromatic rings. The predicted molar refractivity (Wildman–Crippen MR) is 164 cm³/mol. The minimum Gasteiger partial charge on any atom is -0.289 e. The van der Waals surface area contributed by atoms with Crippen LogP contribution >= 0.6 is 0 Å². The molecule has 0 saturated heterocycles. The molecule has 40 heavy (non-hydrogen) atoms. The van der Waals surface area contributed by atoms with Crippen LogP contribution in [0, 0.1) is 23.7 Å². The molecule has 0 saturated carbocycles. The zero-order chi connectivity index (χ0) is 27.1. The van der Waals surface area contributed by atoms with Gasteiger partial charge < -0.3 is 0 Å². The molecule has 0 fully saturated rings. The summed E-state index contributed by atoms with van der Waals surface area (Å²) in [7, 11) is 0. The first kappa shape index (κ1) is 24.7. The van der Waals surface area contributed by atoms with Gasteiger partial charge in [0.05, 0.1) is 0 Å². The van der Waals surface area contributed by atoms with Gasteiger partial charge in [0.25, 0.3) is 0 Å². The molecule has 0 radical (unpaired) electrons. The number of hydrogen-bond acceptors (Lipinski definition) is 1. The van der Waals surface area contributed by atoms with E-state index in [0.29, 0.717) is 11.1 Å². The molecule has 1 nitrogen and oxygen atoms in total. The van der Waals surface area contributed by atoms with E-state index in [1.165, 1.54) is 0 Å². The largest absolute Gasteiger partial charge is 0.289 e. The van der Waals surface area contributed by atoms with E-state index in [9.17, 15) is 4.79 Å². The summed E-state index contributed by atoms with van der Waals surface area (Å²) < 4.78 is 0. The Morgan fingerprint density at radius 3 is 1.32 bits per heavy atom. The second-order valence-electron chi connectivity index (χ2n) is 9.44. The van der Waals surface area contributed by atoms with Gasteiger partial charge in [0.2, 0.25) is 0 Å². The summed E-state index contributed by atoms with van der Waals surface area (Å²) in [5, 5.41) is 0. The van der Waals surface area contributed by atoms with Crippen molar-refractivity contribution >= 4 is 22.5 Å². The summed E-state index contributed by atoms with van der Waals surface area (Å²) >= 11 is 0. The Kier molecular flexibility index (Phi) is 7.04. The summed E-state index contributed by atoms with van der Waals surface area (Å²) in [5.41, 5.74) is 8.52. The Morgan fingerprint density at radius 1 is 0.400 bits per heavy atom. The fraction of sp³-hybridized carbons (Fsp3) is 0. The van der Waals surface area contributed by atoms with E-state index in [1.54, 1.807) is 0 Å². The third-order valence-corrected chi connectivity index (χ3v) is 6.67. The van der Waals surface area contributed by atoms with Crippen molar-refractivity contribution in [1.82, 2.24) is 0 Å². The first-order valence-corrected chi connectivity index (χ1v) is 13.2. The maximum Gasteiger partial charge on any atom is 0.194 e. The standard InChI is InChI=1S/C39H24O/c40-39-37(33-17-9-3-10-18-33)28-36(38(39)34-19-11-4-12-20-34)35-26-31(23-21-29-13-5-1-6-14-29)25-32(27-35)24-22-30-15-7-2-8-16-30/h1-20,25-28H. The molecule has 1 aliphatic carbocycles. The normalized spacial score (nSPS) is 12.2. The zero-order valence-electron chi connectivity index (χ0n) is 21.8. The van der Waals surface area contributed by atoms with Gasteiger partial charge in [0.1, 0.15) is 0 Å². The molecule has 0 aliphatic heterocycles. The number of carbonyl (C=O) groups excluding carboxylic acids is 1. The van der Waals surface area contributed by atoms with Gasteiger partial charge >= 0.3 is 0 Å². The van der Waals surface area contributed by atoms with E-state index >= 15 is 0 Å². The highest BCUT2D eigenvalue weighted by Crippen LogP contribution is 2.40. The van der Waals surface area contributed by atoms with Crippen molar-refractivity contribution < 1.29 is 4.79 Å². The van der Waals surface area contributed by atoms with Crippen molar-refractivity contribution in [3.63, 3.8) is 0 Å². The van der Waals surface area contributed by atoms with Gasteiger partial charge in [0.15, 0.2) is 5.78 Å². The van der Waals surface area contributed by atoms with E-state index in [2.05, 4.69) is 35.8 Å². The second kappa shape index (κ2) is 11.4. The van der Waals surface area contributed by atoms with Crippen molar-refractivity contribution in [3.05, 3.63) is 185 Å². The van der Waals surface area contributed by atoms with Gasteiger partial charge in [-0.2, -0.15) is 0 Å². The summed E-state index contributed by atoms with van der Waals surface area (Å²) in [5.74, 6) is 13.2. The average Bonchev–Trinajstić information content (AvgIpc) is 3.38. The van der Waals surface area contributed by atoms with Gasteiger partial charge in [0, 0.05) is 33.4 Å². The number of ketones is 1. The molecule has 0 N–H and O–H groups in total. The van der Waals surface area contributed by atoms with Crippen LogP contribution < -0.4 is 0 Å². The van der Waals surface area contributed by atoms with Crippen molar-refractivity contribution in [3.8, 4) is 23.7 Å². The van der Waals surface area contributed by atoms with E-state index in [4.69, 9.17) is 0 Å². The molecule has 0 bridgehead atoms. The summed E-state index contributed by atoms with van der Waals surface area (Å²) in [6.45, 7) is 0. The van der Waals surface area contributed by atoms with Gasteiger partial charge in [-0.15, -0.1) is 0 Å². The molecule has 5 aromatic carbocycles. The SMILES string of the molecule is O=C1C(c2ccccc2)=CC(c2cc(C#Cc3ccccc3)cc(C#Cc3ccccc3)c2)=C1c1ccccc1. The van der Waals surface area contributed by atoms with Gasteiger partial charge in [-0.25, -0.2) is 0 Å². The lowest BCUT2D eigenvalue weighted by atomic mass is 9.93. The number of hydrogen-bond donors (Lipinski definition) is 0. The van der Waals surface area contributed by atoms with Crippen molar-refractivity contribution in [2.45, 2.75) is 0 Å². The van der Waals surface area contributed by atoms with Crippen LogP contribution in [0.1, 0.15) is 38.9 Å². The molecule has 0 unspecified atom stereocenters. The van der Waals surface area contributed by atoms with E-state index in [1.807, 2.05) is 133 Å². The smallest absolute Gasteiger partial charge is 0.194 e. The Morgan fingerprint density at radius 2 is 0.825 bits per heavy atom. The summed E-state index contributed by atoms with van der Waals surface area (Å²) in [4.78, 5) is 13.9.